The third kappa shape index (κ3) is 46.8. The van der Waals surface area contributed by atoms with Gasteiger partial charge >= 0.3 is 19.8 Å². The highest BCUT2D eigenvalue weighted by atomic mass is 31.2. The van der Waals surface area contributed by atoms with Crippen molar-refractivity contribution in [2.75, 3.05) is 20.3 Å². The van der Waals surface area contributed by atoms with Crippen molar-refractivity contribution in [3.05, 3.63) is 72.9 Å². The van der Waals surface area contributed by atoms with Gasteiger partial charge in [0.1, 0.15) is 6.61 Å². The maximum Gasteiger partial charge on any atom is 0.472 e. The fourth-order valence-electron chi connectivity index (χ4n) is 6.68. The summed E-state index contributed by atoms with van der Waals surface area (Å²) in [6, 6.07) is 0. The van der Waals surface area contributed by atoms with Crippen LogP contribution in [0.3, 0.4) is 0 Å². The summed E-state index contributed by atoms with van der Waals surface area (Å²) in [7, 11) is -3.21. The van der Waals surface area contributed by atoms with E-state index in [2.05, 4.69) is 91.3 Å². The number of carbonyl (C=O) groups is 2. The maximum absolute atomic E-state index is 12.6. The first-order chi connectivity index (χ1) is 29.8. The number of allylic oxidation sites excluding steroid dienone is 12. The lowest BCUT2D eigenvalue weighted by molar-refractivity contribution is -0.161. The molecule has 352 valence electrons. The molecule has 0 saturated carbocycles. The molecule has 0 radical (unpaired) electrons. The van der Waals surface area contributed by atoms with E-state index < -0.39 is 26.5 Å². The second kappa shape index (κ2) is 47.0. The van der Waals surface area contributed by atoms with E-state index in [1.807, 2.05) is 0 Å². The summed E-state index contributed by atoms with van der Waals surface area (Å²) in [5, 5.41) is 0. The van der Waals surface area contributed by atoms with Crippen LogP contribution in [-0.2, 0) is 32.7 Å². The van der Waals surface area contributed by atoms with Gasteiger partial charge in [-0.3, -0.25) is 18.6 Å². The van der Waals surface area contributed by atoms with Crippen molar-refractivity contribution in [3.63, 3.8) is 0 Å². The molecule has 0 fully saturated rings. The Kier molecular flexibility index (Phi) is 45.0. The normalized spacial score (nSPS) is 13.8. The van der Waals surface area contributed by atoms with E-state index in [0.717, 1.165) is 97.0 Å². The van der Waals surface area contributed by atoms with Crippen molar-refractivity contribution in [2.24, 2.45) is 0 Å². The van der Waals surface area contributed by atoms with Gasteiger partial charge in [0.25, 0.3) is 0 Å². The molecule has 0 saturated heterocycles. The van der Waals surface area contributed by atoms with Gasteiger partial charge < -0.3 is 14.4 Å². The standard InChI is InChI=1S/C52H91O8P/c1-4-6-8-10-12-14-16-18-20-22-24-25-26-27-29-30-32-34-36-38-40-42-44-46-51(53)58-48-50(49-59-61(55,56)57-3)60-52(54)47-45-43-41-39-37-35-33-31-28-23-21-19-17-15-13-11-9-7-5-2/h7,9,13,15-16,18-19,21-22,24,28,31,50H,4-6,8,10-12,14,17,20,23,25-27,29-30,32-49H2,1-3H3,(H,55,56)/b9-7-,15-13-,18-16-,21-19-,24-22-,31-28-. The topological polar surface area (TPSA) is 108 Å². The van der Waals surface area contributed by atoms with Gasteiger partial charge in [-0.15, -0.1) is 0 Å². The summed E-state index contributed by atoms with van der Waals surface area (Å²) in [5.41, 5.74) is 0. The molecule has 0 aliphatic carbocycles. The molecule has 0 aromatic heterocycles. The molecule has 0 aromatic carbocycles. The van der Waals surface area contributed by atoms with Crippen molar-refractivity contribution in [3.8, 4) is 0 Å². The quantitative estimate of drug-likeness (QED) is 0.0279. The van der Waals surface area contributed by atoms with Gasteiger partial charge in [0.15, 0.2) is 6.10 Å². The van der Waals surface area contributed by atoms with Crippen LogP contribution in [0.5, 0.6) is 0 Å². The predicted molar refractivity (Wildman–Crippen MR) is 258 cm³/mol. The van der Waals surface area contributed by atoms with Crippen molar-refractivity contribution >= 4 is 19.8 Å². The Morgan fingerprint density at radius 3 is 1.25 bits per heavy atom. The zero-order valence-corrected chi connectivity index (χ0v) is 40.2. The minimum Gasteiger partial charge on any atom is -0.462 e. The van der Waals surface area contributed by atoms with Gasteiger partial charge in [0.2, 0.25) is 0 Å². The summed E-state index contributed by atoms with van der Waals surface area (Å²) >= 11 is 0. The molecule has 8 nitrogen and oxygen atoms in total. The number of hydrogen-bond acceptors (Lipinski definition) is 7. The molecule has 61 heavy (non-hydrogen) atoms. The van der Waals surface area contributed by atoms with Crippen LogP contribution in [0.2, 0.25) is 0 Å². The Labute approximate surface area is 374 Å². The Morgan fingerprint density at radius 2 is 0.836 bits per heavy atom. The van der Waals surface area contributed by atoms with Crippen LogP contribution in [0.4, 0.5) is 0 Å². The van der Waals surface area contributed by atoms with Gasteiger partial charge in [-0.2, -0.15) is 0 Å². The van der Waals surface area contributed by atoms with E-state index in [9.17, 15) is 19.0 Å². The molecule has 2 atom stereocenters. The molecule has 0 spiro atoms. The van der Waals surface area contributed by atoms with E-state index in [-0.39, 0.29) is 25.4 Å². The molecule has 0 aromatic rings. The average molecular weight is 875 g/mol. The molecule has 0 amide bonds. The Hall–Kier alpha value is -2.51. The average Bonchev–Trinajstić information content (AvgIpc) is 3.25. The zero-order chi connectivity index (χ0) is 44.6. The summed E-state index contributed by atoms with van der Waals surface area (Å²) < 4.78 is 32.1. The lowest BCUT2D eigenvalue weighted by atomic mass is 10.0. The van der Waals surface area contributed by atoms with Gasteiger partial charge in [0.05, 0.1) is 6.61 Å². The third-order valence-electron chi connectivity index (χ3n) is 10.4. The third-order valence-corrected chi connectivity index (χ3v) is 11.4. The Morgan fingerprint density at radius 1 is 0.475 bits per heavy atom. The maximum atomic E-state index is 12.6. The molecule has 0 rings (SSSR count). The minimum absolute atomic E-state index is 0.225. The van der Waals surface area contributed by atoms with Gasteiger partial charge in [-0.1, -0.05) is 196 Å². The van der Waals surface area contributed by atoms with Gasteiger partial charge in [0, 0.05) is 20.0 Å². The highest BCUT2D eigenvalue weighted by molar-refractivity contribution is 7.47. The molecular weight excluding hydrogens is 784 g/mol. The molecule has 9 heteroatoms. The first kappa shape index (κ1) is 58.5. The highest BCUT2D eigenvalue weighted by Gasteiger charge is 2.24. The zero-order valence-electron chi connectivity index (χ0n) is 39.3. The summed E-state index contributed by atoms with van der Waals surface area (Å²) in [4.78, 5) is 34.6. The number of esters is 2. The summed E-state index contributed by atoms with van der Waals surface area (Å²) in [6.07, 6.45) is 61.0. The monoisotopic (exact) mass is 875 g/mol. The second-order valence-corrected chi connectivity index (χ2v) is 17.8. The van der Waals surface area contributed by atoms with Crippen molar-refractivity contribution in [2.45, 2.75) is 225 Å². The van der Waals surface area contributed by atoms with Crippen LogP contribution < -0.4 is 0 Å². The lowest BCUT2D eigenvalue weighted by Crippen LogP contribution is -2.29. The number of phosphoric ester groups is 1. The van der Waals surface area contributed by atoms with Crippen LogP contribution in [0.1, 0.15) is 219 Å². The highest BCUT2D eigenvalue weighted by Crippen LogP contribution is 2.42. The van der Waals surface area contributed by atoms with E-state index in [4.69, 9.17) is 14.0 Å². The molecule has 0 aliphatic heterocycles. The van der Waals surface area contributed by atoms with Crippen molar-refractivity contribution < 1.29 is 37.6 Å². The fraction of sp³-hybridized carbons (Fsp3) is 0.731. The van der Waals surface area contributed by atoms with Crippen LogP contribution >= 0.6 is 7.82 Å². The van der Waals surface area contributed by atoms with Gasteiger partial charge in [-0.05, 0) is 83.5 Å². The predicted octanol–water partition coefficient (Wildman–Crippen LogP) is 16.1. The van der Waals surface area contributed by atoms with Gasteiger partial charge in [-0.25, -0.2) is 4.57 Å². The fourth-order valence-corrected chi connectivity index (χ4v) is 7.14. The largest absolute Gasteiger partial charge is 0.472 e. The Balaban J connectivity index is 3.95. The number of carbonyl (C=O) groups excluding carboxylic acids is 2. The molecular formula is C52H91O8P. The first-order valence-electron chi connectivity index (χ1n) is 24.6. The van der Waals surface area contributed by atoms with E-state index >= 15 is 0 Å². The van der Waals surface area contributed by atoms with Crippen LogP contribution in [-0.4, -0.2) is 43.3 Å². The number of ether oxygens (including phenoxy) is 2. The van der Waals surface area contributed by atoms with Crippen LogP contribution in [0, 0.1) is 0 Å². The molecule has 1 N–H and O–H groups in total. The smallest absolute Gasteiger partial charge is 0.462 e. The SMILES string of the molecule is CC/C=C\C/C=C\C/C=C\C/C=C\CCCCCCCCC(=O)OC(COC(=O)CCCCCCCCCCCCC/C=C\C/C=C\CCCCCCC)COP(=O)(O)OC. The molecule has 0 bridgehead atoms. The summed E-state index contributed by atoms with van der Waals surface area (Å²) in [6.45, 7) is 3.77. The molecule has 0 heterocycles. The van der Waals surface area contributed by atoms with Crippen LogP contribution in [0.25, 0.3) is 0 Å². The van der Waals surface area contributed by atoms with E-state index in [1.165, 1.54) is 96.3 Å². The van der Waals surface area contributed by atoms with E-state index in [0.29, 0.717) is 6.42 Å². The Bertz CT molecular complexity index is 1220. The number of phosphoric acid groups is 1. The second-order valence-electron chi connectivity index (χ2n) is 16.2. The molecule has 0 aliphatic rings. The van der Waals surface area contributed by atoms with Crippen molar-refractivity contribution in [1.82, 2.24) is 0 Å². The number of hydrogen-bond donors (Lipinski definition) is 1. The minimum atomic E-state index is -4.28. The summed E-state index contributed by atoms with van der Waals surface area (Å²) in [5.74, 6) is -0.822. The molecule has 2 unspecified atom stereocenters. The van der Waals surface area contributed by atoms with Crippen molar-refractivity contribution in [1.29, 1.82) is 0 Å². The van der Waals surface area contributed by atoms with E-state index in [1.54, 1.807) is 0 Å². The lowest BCUT2D eigenvalue weighted by Gasteiger charge is -2.19. The number of rotatable bonds is 45. The number of unbranched alkanes of at least 4 members (excludes halogenated alkanes) is 22. The van der Waals surface area contributed by atoms with Crippen LogP contribution in [0.15, 0.2) is 72.9 Å². The first-order valence-corrected chi connectivity index (χ1v) is 26.1.